The van der Waals surface area contributed by atoms with E-state index >= 15 is 0 Å². The molecule has 0 radical (unpaired) electrons. The van der Waals surface area contributed by atoms with E-state index in [9.17, 15) is 4.79 Å². The minimum atomic E-state index is -0.0895. The number of anilines is 2. The molecule has 0 spiro atoms. The molecule has 0 saturated carbocycles. The van der Waals surface area contributed by atoms with E-state index in [1.165, 1.54) is 11.8 Å². The first kappa shape index (κ1) is 18.0. The van der Waals surface area contributed by atoms with Crippen LogP contribution in [0.15, 0.2) is 35.4 Å². The average molecular weight is 371 g/mol. The highest BCUT2D eigenvalue weighted by Crippen LogP contribution is 2.29. The van der Waals surface area contributed by atoms with E-state index in [1.54, 1.807) is 4.90 Å². The number of amides is 1. The van der Waals surface area contributed by atoms with Gasteiger partial charge in [0, 0.05) is 43.1 Å². The van der Waals surface area contributed by atoms with Crippen molar-refractivity contribution in [1.82, 2.24) is 24.8 Å². The fourth-order valence-corrected chi connectivity index (χ4v) is 3.45. The maximum Gasteiger partial charge on any atom is 0.230 e. The number of para-hydroxylation sites is 1. The van der Waals surface area contributed by atoms with E-state index in [1.807, 2.05) is 39.5 Å². The summed E-state index contributed by atoms with van der Waals surface area (Å²) in [6, 6.07) is 8.13. The molecule has 0 fully saturated rings. The summed E-state index contributed by atoms with van der Waals surface area (Å²) in [6.07, 6.45) is 2.04. The van der Waals surface area contributed by atoms with Crippen LogP contribution in [0, 0.1) is 0 Å². The molecule has 3 rings (SSSR count). The number of nitrogens with zero attached hydrogens (tertiary/aromatic N) is 5. The summed E-state index contributed by atoms with van der Waals surface area (Å²) < 4.78 is 2.06. The van der Waals surface area contributed by atoms with Crippen molar-refractivity contribution < 1.29 is 4.79 Å². The van der Waals surface area contributed by atoms with Crippen molar-refractivity contribution in [3.05, 3.63) is 36.3 Å². The maximum atomic E-state index is 12.2. The quantitative estimate of drug-likeness (QED) is 0.632. The van der Waals surface area contributed by atoms with Gasteiger partial charge in [0.2, 0.25) is 17.8 Å². The second-order valence-corrected chi connectivity index (χ2v) is 7.01. The van der Waals surface area contributed by atoms with Gasteiger partial charge in [0.1, 0.15) is 0 Å². The summed E-state index contributed by atoms with van der Waals surface area (Å²) >= 11 is 1.51. The van der Waals surface area contributed by atoms with Crippen LogP contribution in [-0.4, -0.2) is 45.3 Å². The summed E-state index contributed by atoms with van der Waals surface area (Å²) in [5.74, 6) is 1.26. The Morgan fingerprint density at radius 3 is 2.81 bits per heavy atom. The van der Waals surface area contributed by atoms with Crippen molar-refractivity contribution in [3.63, 3.8) is 0 Å². The first-order valence-corrected chi connectivity index (χ1v) is 9.04. The van der Waals surface area contributed by atoms with E-state index in [0.717, 1.165) is 15.8 Å². The molecule has 0 aliphatic heterocycles. The average Bonchev–Trinajstić information content (AvgIpc) is 2.94. The number of benzene rings is 1. The van der Waals surface area contributed by atoms with Crippen LogP contribution in [0.3, 0.4) is 0 Å². The van der Waals surface area contributed by atoms with Gasteiger partial charge in [0.05, 0.1) is 12.3 Å². The van der Waals surface area contributed by atoms with Crippen LogP contribution in [0.25, 0.3) is 10.9 Å². The zero-order chi connectivity index (χ0) is 18.7. The normalized spacial score (nSPS) is 10.9. The van der Waals surface area contributed by atoms with Crippen molar-refractivity contribution in [2.75, 3.05) is 30.5 Å². The van der Waals surface area contributed by atoms with Crippen molar-refractivity contribution in [1.29, 1.82) is 0 Å². The van der Waals surface area contributed by atoms with E-state index in [0.29, 0.717) is 17.5 Å². The van der Waals surface area contributed by atoms with Gasteiger partial charge >= 0.3 is 0 Å². The third kappa shape index (κ3) is 4.05. The number of carbonyl (C=O) groups excluding carboxylic acids is 1. The van der Waals surface area contributed by atoms with Gasteiger partial charge in [0.15, 0.2) is 5.82 Å². The van der Waals surface area contributed by atoms with Gasteiger partial charge in [-0.05, 0) is 6.07 Å². The SMILES string of the molecule is CN(C)c1nc(N)nc(CNC(=O)CSc2cn(C)c3ccccc23)n1. The Kier molecular flexibility index (Phi) is 5.27. The molecule has 2 heterocycles. The van der Waals surface area contributed by atoms with Crippen LogP contribution in [0.4, 0.5) is 11.9 Å². The van der Waals surface area contributed by atoms with Gasteiger partial charge in [-0.25, -0.2) is 0 Å². The van der Waals surface area contributed by atoms with Crippen molar-refractivity contribution in [2.45, 2.75) is 11.4 Å². The standard InChI is InChI=1S/C17H21N7OS/c1-23(2)17-21-14(20-16(18)22-17)8-19-15(25)10-26-13-9-24(3)12-7-5-4-6-11(12)13/h4-7,9H,8,10H2,1-3H3,(H,19,25)(H2,18,20,21,22). The Morgan fingerprint density at radius 1 is 1.27 bits per heavy atom. The number of hydrogen-bond donors (Lipinski definition) is 2. The fraction of sp³-hybridized carbons (Fsp3) is 0.294. The number of carbonyl (C=O) groups is 1. The summed E-state index contributed by atoms with van der Waals surface area (Å²) in [5, 5.41) is 3.97. The molecular formula is C17H21N7OS. The van der Waals surface area contributed by atoms with Crippen molar-refractivity contribution >= 4 is 40.5 Å². The molecule has 0 aliphatic rings. The van der Waals surface area contributed by atoms with E-state index in [-0.39, 0.29) is 18.4 Å². The van der Waals surface area contributed by atoms with Crippen LogP contribution < -0.4 is 16.0 Å². The minimum absolute atomic E-state index is 0.0895. The predicted octanol–water partition coefficient (Wildman–Crippen LogP) is 1.42. The van der Waals surface area contributed by atoms with Gasteiger partial charge in [-0.15, -0.1) is 11.8 Å². The highest BCUT2D eigenvalue weighted by molar-refractivity contribution is 8.00. The molecule has 8 nitrogen and oxygen atoms in total. The number of nitrogens with one attached hydrogen (secondary N) is 1. The summed E-state index contributed by atoms with van der Waals surface area (Å²) in [7, 11) is 5.63. The number of fused-ring (bicyclic) bond motifs is 1. The molecule has 0 unspecified atom stereocenters. The molecule has 0 aliphatic carbocycles. The molecule has 3 N–H and O–H groups in total. The highest BCUT2D eigenvalue weighted by Gasteiger charge is 2.11. The van der Waals surface area contributed by atoms with E-state index in [2.05, 4.69) is 37.0 Å². The third-order valence-electron chi connectivity index (χ3n) is 3.75. The summed E-state index contributed by atoms with van der Waals surface area (Å²) in [4.78, 5) is 27.4. The van der Waals surface area contributed by atoms with Gasteiger partial charge in [0.25, 0.3) is 0 Å². The zero-order valence-electron chi connectivity index (χ0n) is 14.9. The first-order valence-electron chi connectivity index (χ1n) is 8.05. The fourth-order valence-electron chi connectivity index (χ4n) is 2.50. The molecule has 136 valence electrons. The molecule has 0 atom stereocenters. The lowest BCUT2D eigenvalue weighted by Crippen LogP contribution is -2.26. The lowest BCUT2D eigenvalue weighted by Gasteiger charge is -2.11. The minimum Gasteiger partial charge on any atom is -0.368 e. The second kappa shape index (κ2) is 7.61. The molecular weight excluding hydrogens is 350 g/mol. The summed E-state index contributed by atoms with van der Waals surface area (Å²) in [5.41, 5.74) is 6.83. The monoisotopic (exact) mass is 371 g/mol. The molecule has 9 heteroatoms. The Hall–Kier alpha value is -2.81. The molecule has 0 bridgehead atoms. The molecule has 3 aromatic rings. The number of nitrogen functional groups attached to an aromatic ring is 1. The Balaban J connectivity index is 1.59. The number of aryl methyl sites for hydroxylation is 1. The van der Waals surface area contributed by atoms with Crippen LogP contribution in [0.5, 0.6) is 0 Å². The number of nitrogens with two attached hydrogens (primary N) is 1. The Labute approximate surface area is 155 Å². The second-order valence-electron chi connectivity index (χ2n) is 5.99. The molecule has 1 aromatic carbocycles. The Morgan fingerprint density at radius 2 is 2.04 bits per heavy atom. The van der Waals surface area contributed by atoms with Gasteiger partial charge in [-0.3, -0.25) is 4.79 Å². The topological polar surface area (TPSA) is 102 Å². The van der Waals surface area contributed by atoms with E-state index < -0.39 is 0 Å². The Bertz CT molecular complexity index is 938. The molecule has 26 heavy (non-hydrogen) atoms. The number of hydrogen-bond acceptors (Lipinski definition) is 7. The van der Waals surface area contributed by atoms with Crippen LogP contribution >= 0.6 is 11.8 Å². The first-order chi connectivity index (χ1) is 12.4. The van der Waals surface area contributed by atoms with Crippen molar-refractivity contribution in [3.8, 4) is 0 Å². The lowest BCUT2D eigenvalue weighted by atomic mass is 10.2. The molecule has 1 amide bonds. The number of aromatic nitrogens is 4. The zero-order valence-corrected chi connectivity index (χ0v) is 15.7. The van der Waals surface area contributed by atoms with Crippen LogP contribution in [-0.2, 0) is 18.4 Å². The van der Waals surface area contributed by atoms with Gasteiger partial charge < -0.3 is 20.5 Å². The maximum absolute atomic E-state index is 12.2. The largest absolute Gasteiger partial charge is 0.368 e. The van der Waals surface area contributed by atoms with Gasteiger partial charge in [-0.2, -0.15) is 15.0 Å². The smallest absolute Gasteiger partial charge is 0.230 e. The van der Waals surface area contributed by atoms with E-state index in [4.69, 9.17) is 5.73 Å². The number of thioether (sulfide) groups is 1. The van der Waals surface area contributed by atoms with Crippen molar-refractivity contribution in [2.24, 2.45) is 7.05 Å². The lowest BCUT2D eigenvalue weighted by molar-refractivity contribution is -0.118. The molecule has 0 saturated heterocycles. The summed E-state index contributed by atoms with van der Waals surface area (Å²) in [6.45, 7) is 0.211. The molecule has 2 aromatic heterocycles. The number of rotatable bonds is 6. The van der Waals surface area contributed by atoms with Crippen LogP contribution in [0.1, 0.15) is 5.82 Å². The highest BCUT2D eigenvalue weighted by atomic mass is 32.2. The third-order valence-corrected chi connectivity index (χ3v) is 4.79. The van der Waals surface area contributed by atoms with Crippen LogP contribution in [0.2, 0.25) is 0 Å². The predicted molar refractivity (Wildman–Crippen MR) is 104 cm³/mol. The van der Waals surface area contributed by atoms with Gasteiger partial charge in [-0.1, -0.05) is 18.2 Å².